The highest BCUT2D eigenvalue weighted by Gasteiger charge is 2.16. The SMILES string of the molecule is CCCNC(=O)c1cc(=O)n(CC(=O)Nc2cccc(Br)c2)c2ccccc12. The Morgan fingerprint density at radius 1 is 1.07 bits per heavy atom. The maximum atomic E-state index is 12.7. The second kappa shape index (κ2) is 8.84. The lowest BCUT2D eigenvalue weighted by Gasteiger charge is -2.13. The molecule has 0 saturated carbocycles. The first-order valence-electron chi connectivity index (χ1n) is 8.96. The molecule has 2 aromatic carbocycles. The van der Waals surface area contributed by atoms with E-state index in [1.807, 2.05) is 19.1 Å². The second-order valence-electron chi connectivity index (χ2n) is 6.31. The van der Waals surface area contributed by atoms with Gasteiger partial charge in [0.1, 0.15) is 6.54 Å². The molecule has 0 aliphatic carbocycles. The molecule has 3 rings (SSSR count). The predicted molar refractivity (Wildman–Crippen MR) is 114 cm³/mol. The summed E-state index contributed by atoms with van der Waals surface area (Å²) < 4.78 is 2.22. The molecule has 0 spiro atoms. The highest BCUT2D eigenvalue weighted by atomic mass is 79.9. The Kier molecular flexibility index (Phi) is 6.26. The third-order valence-corrected chi connectivity index (χ3v) is 4.70. The van der Waals surface area contributed by atoms with Crippen LogP contribution in [0.15, 0.2) is 63.9 Å². The monoisotopic (exact) mass is 441 g/mol. The van der Waals surface area contributed by atoms with Crippen LogP contribution in [-0.2, 0) is 11.3 Å². The van der Waals surface area contributed by atoms with Gasteiger partial charge < -0.3 is 10.6 Å². The minimum absolute atomic E-state index is 0.150. The zero-order valence-electron chi connectivity index (χ0n) is 15.4. The molecule has 1 heterocycles. The number of nitrogens with zero attached hydrogens (tertiary/aromatic N) is 1. The zero-order valence-corrected chi connectivity index (χ0v) is 17.0. The van der Waals surface area contributed by atoms with Crippen molar-refractivity contribution in [3.8, 4) is 0 Å². The summed E-state index contributed by atoms with van der Waals surface area (Å²) in [6, 6.07) is 15.6. The van der Waals surface area contributed by atoms with Crippen molar-refractivity contribution >= 4 is 44.3 Å². The third-order valence-electron chi connectivity index (χ3n) is 4.21. The lowest BCUT2D eigenvalue weighted by Crippen LogP contribution is -2.31. The van der Waals surface area contributed by atoms with E-state index in [0.717, 1.165) is 10.9 Å². The highest BCUT2D eigenvalue weighted by Crippen LogP contribution is 2.18. The molecule has 2 amide bonds. The van der Waals surface area contributed by atoms with Crippen molar-refractivity contribution in [2.24, 2.45) is 0 Å². The van der Waals surface area contributed by atoms with Gasteiger partial charge in [-0.05, 0) is 30.7 Å². The lowest BCUT2D eigenvalue weighted by molar-refractivity contribution is -0.116. The summed E-state index contributed by atoms with van der Waals surface area (Å²) in [6.07, 6.45) is 0.802. The summed E-state index contributed by atoms with van der Waals surface area (Å²) in [4.78, 5) is 37.6. The van der Waals surface area contributed by atoms with Crippen LogP contribution < -0.4 is 16.2 Å². The fourth-order valence-electron chi connectivity index (χ4n) is 2.93. The van der Waals surface area contributed by atoms with Gasteiger partial charge in [0.15, 0.2) is 0 Å². The maximum Gasteiger partial charge on any atom is 0.252 e. The van der Waals surface area contributed by atoms with Crippen molar-refractivity contribution in [3.63, 3.8) is 0 Å². The molecule has 6 nitrogen and oxygen atoms in total. The number of halogens is 1. The van der Waals surface area contributed by atoms with Crippen LogP contribution in [0.3, 0.4) is 0 Å². The number of pyridine rings is 1. The number of hydrogen-bond donors (Lipinski definition) is 2. The molecule has 0 fully saturated rings. The molecule has 3 aromatic rings. The summed E-state index contributed by atoms with van der Waals surface area (Å²) in [5.74, 6) is -0.616. The number of carbonyl (C=O) groups excluding carboxylic acids is 2. The van der Waals surface area contributed by atoms with Crippen LogP contribution in [0.2, 0.25) is 0 Å². The summed E-state index contributed by atoms with van der Waals surface area (Å²) in [7, 11) is 0. The normalized spacial score (nSPS) is 10.6. The van der Waals surface area contributed by atoms with Crippen LogP contribution in [0, 0.1) is 0 Å². The molecule has 28 heavy (non-hydrogen) atoms. The molecular weight excluding hydrogens is 422 g/mol. The Bertz CT molecular complexity index is 1090. The number of rotatable bonds is 6. The molecule has 0 unspecified atom stereocenters. The van der Waals surface area contributed by atoms with Crippen molar-refractivity contribution < 1.29 is 9.59 Å². The minimum atomic E-state index is -0.398. The first kappa shape index (κ1) is 19.8. The molecule has 7 heteroatoms. The van der Waals surface area contributed by atoms with E-state index >= 15 is 0 Å². The fourth-order valence-corrected chi connectivity index (χ4v) is 3.33. The predicted octanol–water partition coefficient (Wildman–Crippen LogP) is 3.54. The van der Waals surface area contributed by atoms with Gasteiger partial charge in [-0.3, -0.25) is 19.0 Å². The number of benzene rings is 2. The third kappa shape index (κ3) is 4.48. The maximum absolute atomic E-state index is 12.7. The Morgan fingerprint density at radius 2 is 1.86 bits per heavy atom. The number of fused-ring (bicyclic) bond motifs is 1. The van der Waals surface area contributed by atoms with Crippen molar-refractivity contribution in [2.75, 3.05) is 11.9 Å². The Morgan fingerprint density at radius 3 is 2.61 bits per heavy atom. The van der Waals surface area contributed by atoms with Crippen LogP contribution in [0.5, 0.6) is 0 Å². The molecular formula is C21H20BrN3O3. The van der Waals surface area contributed by atoms with E-state index in [9.17, 15) is 14.4 Å². The van der Waals surface area contributed by atoms with E-state index in [-0.39, 0.29) is 18.4 Å². The van der Waals surface area contributed by atoms with E-state index in [2.05, 4.69) is 26.6 Å². The van der Waals surface area contributed by atoms with E-state index in [0.29, 0.717) is 28.7 Å². The molecule has 2 N–H and O–H groups in total. The van der Waals surface area contributed by atoms with Crippen LogP contribution in [0.25, 0.3) is 10.9 Å². The van der Waals surface area contributed by atoms with Gasteiger partial charge in [0.05, 0.1) is 11.1 Å². The molecule has 0 bridgehead atoms. The molecule has 0 atom stereocenters. The molecule has 0 aliphatic rings. The Labute approximate surface area is 170 Å². The minimum Gasteiger partial charge on any atom is -0.352 e. The standard InChI is InChI=1S/C21H20BrN3O3/c1-2-10-23-21(28)17-12-20(27)25(18-9-4-3-8-16(17)18)13-19(26)24-15-7-5-6-14(22)11-15/h3-9,11-12H,2,10,13H2,1H3,(H,23,28)(H,24,26). The van der Waals surface area contributed by atoms with Gasteiger partial charge in [-0.15, -0.1) is 0 Å². The van der Waals surface area contributed by atoms with Gasteiger partial charge in [0, 0.05) is 28.2 Å². The summed E-state index contributed by atoms with van der Waals surface area (Å²) in [6.45, 7) is 2.34. The lowest BCUT2D eigenvalue weighted by atomic mass is 10.1. The number of carbonyl (C=O) groups is 2. The number of hydrogen-bond acceptors (Lipinski definition) is 3. The summed E-state index contributed by atoms with van der Waals surface area (Å²) >= 11 is 3.36. The van der Waals surface area contributed by atoms with E-state index in [1.54, 1.807) is 36.4 Å². The number of amides is 2. The van der Waals surface area contributed by atoms with Gasteiger partial charge in [0.25, 0.3) is 11.5 Å². The van der Waals surface area contributed by atoms with Crippen molar-refractivity contribution in [1.82, 2.24) is 9.88 Å². The first-order valence-corrected chi connectivity index (χ1v) is 9.75. The average Bonchev–Trinajstić information content (AvgIpc) is 2.68. The van der Waals surface area contributed by atoms with E-state index in [1.165, 1.54) is 10.6 Å². The Hall–Kier alpha value is -2.93. The van der Waals surface area contributed by atoms with Gasteiger partial charge in [-0.25, -0.2) is 0 Å². The first-order chi connectivity index (χ1) is 13.5. The van der Waals surface area contributed by atoms with Crippen LogP contribution in [0.4, 0.5) is 5.69 Å². The van der Waals surface area contributed by atoms with Gasteiger partial charge in [-0.2, -0.15) is 0 Å². The molecule has 0 saturated heterocycles. The van der Waals surface area contributed by atoms with Crippen molar-refractivity contribution in [1.29, 1.82) is 0 Å². The number of para-hydroxylation sites is 1. The number of aromatic nitrogens is 1. The highest BCUT2D eigenvalue weighted by molar-refractivity contribution is 9.10. The summed E-state index contributed by atoms with van der Waals surface area (Å²) in [5.41, 5.74) is 1.09. The van der Waals surface area contributed by atoms with Gasteiger partial charge in [0.2, 0.25) is 5.91 Å². The number of nitrogens with one attached hydrogen (secondary N) is 2. The average molecular weight is 442 g/mol. The topological polar surface area (TPSA) is 80.2 Å². The fraction of sp³-hybridized carbons (Fsp3) is 0.190. The smallest absolute Gasteiger partial charge is 0.252 e. The molecule has 0 aliphatic heterocycles. The second-order valence-corrected chi connectivity index (χ2v) is 7.23. The molecule has 144 valence electrons. The van der Waals surface area contributed by atoms with Crippen LogP contribution in [-0.4, -0.2) is 22.9 Å². The quantitative estimate of drug-likeness (QED) is 0.613. The van der Waals surface area contributed by atoms with Crippen molar-refractivity contribution in [2.45, 2.75) is 19.9 Å². The van der Waals surface area contributed by atoms with E-state index < -0.39 is 5.56 Å². The largest absolute Gasteiger partial charge is 0.352 e. The summed E-state index contributed by atoms with van der Waals surface area (Å²) in [5, 5.41) is 6.21. The van der Waals surface area contributed by atoms with Crippen LogP contribution in [0.1, 0.15) is 23.7 Å². The molecule has 1 aromatic heterocycles. The van der Waals surface area contributed by atoms with Gasteiger partial charge >= 0.3 is 0 Å². The number of anilines is 1. The van der Waals surface area contributed by atoms with E-state index in [4.69, 9.17) is 0 Å². The molecule has 0 radical (unpaired) electrons. The van der Waals surface area contributed by atoms with Gasteiger partial charge in [-0.1, -0.05) is 47.1 Å². The van der Waals surface area contributed by atoms with Crippen molar-refractivity contribution in [3.05, 3.63) is 75.0 Å². The van der Waals surface area contributed by atoms with Crippen LogP contribution >= 0.6 is 15.9 Å². The zero-order chi connectivity index (χ0) is 20.1. The Balaban J connectivity index is 1.93.